The van der Waals surface area contributed by atoms with Gasteiger partial charge in [-0.1, -0.05) is 12.1 Å². The van der Waals surface area contributed by atoms with Crippen LogP contribution < -0.4 is 5.43 Å². The largest absolute Gasteiger partial charge is 0.508 e. The van der Waals surface area contributed by atoms with Crippen LogP contribution in [-0.2, 0) is 17.5 Å². The molecule has 2 aromatic carbocycles. The van der Waals surface area contributed by atoms with E-state index < -0.39 is 17.6 Å². The maximum Gasteiger partial charge on any atom is 0.416 e. The Labute approximate surface area is 151 Å². The van der Waals surface area contributed by atoms with Crippen LogP contribution in [0.2, 0.25) is 0 Å². The Bertz CT molecular complexity index is 752. The highest BCUT2D eigenvalue weighted by Gasteiger charge is 2.30. The van der Waals surface area contributed by atoms with Crippen molar-refractivity contribution >= 4 is 17.9 Å². The van der Waals surface area contributed by atoms with Crippen LogP contribution in [0.25, 0.3) is 0 Å². The van der Waals surface area contributed by atoms with Gasteiger partial charge in [-0.15, -0.1) is 4.91 Å². The molecule has 0 saturated carbocycles. The molecule has 138 valence electrons. The van der Waals surface area contributed by atoms with Gasteiger partial charge >= 0.3 is 6.18 Å². The lowest BCUT2D eigenvalue weighted by atomic mass is 10.1. The van der Waals surface area contributed by atoms with Crippen molar-refractivity contribution in [3.05, 3.63) is 64.6 Å². The second-order valence-corrected chi connectivity index (χ2v) is 6.37. The molecule has 0 aliphatic heterocycles. The second-order valence-electron chi connectivity index (χ2n) is 5.20. The van der Waals surface area contributed by atoms with E-state index in [0.29, 0.717) is 10.5 Å². The molecule has 6 nitrogen and oxygen atoms in total. The number of alkyl halides is 3. The zero-order chi connectivity index (χ0) is 19.2. The molecule has 26 heavy (non-hydrogen) atoms. The number of phenolic OH excluding ortho intramolecular Hbond substituents is 1. The third kappa shape index (κ3) is 6.05. The van der Waals surface area contributed by atoms with Gasteiger partial charge in [0.2, 0.25) is 0 Å². The molecular formula is C16H14F3N3O3S. The summed E-state index contributed by atoms with van der Waals surface area (Å²) in [7, 11) is 0. The van der Waals surface area contributed by atoms with E-state index in [4.69, 9.17) is 0 Å². The highest BCUT2D eigenvalue weighted by Crippen LogP contribution is 2.30. The van der Waals surface area contributed by atoms with Gasteiger partial charge < -0.3 is 5.11 Å². The summed E-state index contributed by atoms with van der Waals surface area (Å²) in [5.41, 5.74) is 1.56. The van der Waals surface area contributed by atoms with Gasteiger partial charge in [-0.25, -0.2) is 9.73 Å². The van der Waals surface area contributed by atoms with Crippen molar-refractivity contribution in [2.75, 3.05) is 6.54 Å². The monoisotopic (exact) mass is 385 g/mol. The van der Waals surface area contributed by atoms with Crippen molar-refractivity contribution in [2.24, 2.45) is 5.29 Å². The molecule has 0 bridgehead atoms. The molecular weight excluding hydrogens is 371 g/mol. The van der Waals surface area contributed by atoms with Gasteiger partial charge in [0.1, 0.15) is 5.75 Å². The average Bonchev–Trinajstić information content (AvgIpc) is 2.57. The molecule has 2 N–H and O–H groups in total. The second kappa shape index (κ2) is 8.68. The Morgan fingerprint density at radius 2 is 1.73 bits per heavy atom. The fourth-order valence-corrected chi connectivity index (χ4v) is 2.98. The molecule has 10 heteroatoms. The van der Waals surface area contributed by atoms with Crippen LogP contribution in [0, 0.1) is 4.91 Å². The van der Waals surface area contributed by atoms with E-state index in [-0.39, 0.29) is 18.8 Å². The number of nitrogens with one attached hydrogen (secondary N) is 1. The first kappa shape index (κ1) is 19.7. The van der Waals surface area contributed by atoms with Crippen LogP contribution in [0.3, 0.4) is 0 Å². The van der Waals surface area contributed by atoms with E-state index in [1.54, 1.807) is 21.9 Å². The third-order valence-electron chi connectivity index (χ3n) is 3.20. The maximum absolute atomic E-state index is 12.6. The Hall–Kier alpha value is -2.59. The summed E-state index contributed by atoms with van der Waals surface area (Å²) in [4.78, 5) is 22.5. The first-order chi connectivity index (χ1) is 12.3. The number of halogens is 3. The van der Waals surface area contributed by atoms with Gasteiger partial charge in [0.15, 0.2) is 0 Å². The lowest BCUT2D eigenvalue weighted by molar-refractivity contribution is -0.137. The standard InChI is InChI=1S/C16H14F3N3O3S/c17-16(18,19)12-3-1-11(2-4-12)9-22(10-15(24)20-21-25)26-14-7-5-13(23)6-8-14/h1-8,23H,9-10H2,(H,20,24,25). The van der Waals surface area contributed by atoms with E-state index in [1.807, 2.05) is 0 Å². The van der Waals surface area contributed by atoms with Gasteiger partial charge in [0.05, 0.1) is 17.4 Å². The number of aromatic hydroxyl groups is 1. The molecule has 0 aliphatic rings. The van der Waals surface area contributed by atoms with Crippen molar-refractivity contribution < 1.29 is 23.1 Å². The molecule has 0 heterocycles. The van der Waals surface area contributed by atoms with Crippen LogP contribution in [0.4, 0.5) is 13.2 Å². The van der Waals surface area contributed by atoms with E-state index in [1.165, 1.54) is 24.3 Å². The zero-order valence-electron chi connectivity index (χ0n) is 13.2. The minimum Gasteiger partial charge on any atom is -0.508 e. The van der Waals surface area contributed by atoms with E-state index >= 15 is 0 Å². The summed E-state index contributed by atoms with van der Waals surface area (Å²) in [6.07, 6.45) is -4.42. The minimum atomic E-state index is -4.42. The number of phenols is 1. The predicted molar refractivity (Wildman–Crippen MR) is 89.8 cm³/mol. The molecule has 0 radical (unpaired) electrons. The first-order valence-electron chi connectivity index (χ1n) is 7.27. The Balaban J connectivity index is 2.13. The van der Waals surface area contributed by atoms with E-state index in [0.717, 1.165) is 24.1 Å². The van der Waals surface area contributed by atoms with Gasteiger partial charge in [-0.3, -0.25) is 4.79 Å². The summed E-state index contributed by atoms with van der Waals surface area (Å²) < 4.78 is 39.4. The molecule has 0 saturated heterocycles. The molecule has 2 rings (SSSR count). The number of amides is 1. The molecule has 0 aliphatic carbocycles. The Kier molecular flexibility index (Phi) is 6.58. The van der Waals surface area contributed by atoms with E-state index in [9.17, 15) is 28.0 Å². The number of carbonyl (C=O) groups is 1. The number of hydrogen-bond acceptors (Lipinski definition) is 6. The normalized spacial score (nSPS) is 11.4. The predicted octanol–water partition coefficient (Wildman–Crippen LogP) is 3.72. The van der Waals surface area contributed by atoms with Crippen molar-refractivity contribution in [3.63, 3.8) is 0 Å². The summed E-state index contributed by atoms with van der Waals surface area (Å²) in [5, 5.41) is 11.6. The fourth-order valence-electron chi connectivity index (χ4n) is 2.03. The number of rotatable bonds is 7. The Morgan fingerprint density at radius 3 is 2.27 bits per heavy atom. The molecule has 0 fully saturated rings. The minimum absolute atomic E-state index is 0.0755. The Morgan fingerprint density at radius 1 is 1.12 bits per heavy atom. The SMILES string of the molecule is O=NNC(=O)CN(Cc1ccc(C(F)(F)F)cc1)Sc1ccc(O)cc1. The maximum atomic E-state index is 12.6. The number of hydrogen-bond donors (Lipinski definition) is 2. The van der Waals surface area contributed by atoms with Crippen LogP contribution in [0.1, 0.15) is 11.1 Å². The molecule has 0 atom stereocenters. The molecule has 0 unspecified atom stereocenters. The van der Waals surface area contributed by atoms with Crippen molar-refractivity contribution in [3.8, 4) is 5.75 Å². The molecule has 0 spiro atoms. The lowest BCUT2D eigenvalue weighted by Gasteiger charge is -2.20. The summed E-state index contributed by atoms with van der Waals surface area (Å²) in [5.74, 6) is -0.579. The summed E-state index contributed by atoms with van der Waals surface area (Å²) >= 11 is 1.15. The van der Waals surface area contributed by atoms with Gasteiger partial charge in [0, 0.05) is 11.4 Å². The van der Waals surface area contributed by atoms with Crippen LogP contribution >= 0.6 is 11.9 Å². The third-order valence-corrected chi connectivity index (χ3v) is 4.20. The van der Waals surface area contributed by atoms with Crippen molar-refractivity contribution in [2.45, 2.75) is 17.6 Å². The van der Waals surface area contributed by atoms with Gasteiger partial charge in [0.25, 0.3) is 5.91 Å². The topological polar surface area (TPSA) is 82.0 Å². The number of benzene rings is 2. The first-order valence-corrected chi connectivity index (χ1v) is 8.04. The average molecular weight is 385 g/mol. The zero-order valence-corrected chi connectivity index (χ0v) is 14.0. The number of nitroso groups, excluding NO2 is 1. The molecule has 2 aromatic rings. The van der Waals surface area contributed by atoms with Crippen molar-refractivity contribution in [1.82, 2.24) is 9.73 Å². The summed E-state index contributed by atoms with van der Waals surface area (Å²) in [6, 6.07) is 10.7. The van der Waals surface area contributed by atoms with E-state index in [2.05, 4.69) is 5.29 Å². The number of nitrogens with zero attached hydrogens (tertiary/aromatic N) is 2. The lowest BCUT2D eigenvalue weighted by Crippen LogP contribution is -2.30. The van der Waals surface area contributed by atoms with Crippen LogP contribution in [0.15, 0.2) is 58.7 Å². The van der Waals surface area contributed by atoms with Crippen LogP contribution in [0.5, 0.6) is 5.75 Å². The quantitative estimate of drug-likeness (QED) is 0.431. The summed E-state index contributed by atoms with van der Waals surface area (Å²) in [6.45, 7) is -0.0612. The van der Waals surface area contributed by atoms with Gasteiger partial charge in [-0.05, 0) is 53.9 Å². The smallest absolute Gasteiger partial charge is 0.416 e. The van der Waals surface area contributed by atoms with Gasteiger partial charge in [-0.2, -0.15) is 13.2 Å². The fraction of sp³-hybridized carbons (Fsp3) is 0.188. The number of carbonyl (C=O) groups excluding carboxylic acids is 1. The highest BCUT2D eigenvalue weighted by molar-refractivity contribution is 7.97. The molecule has 1 amide bonds. The highest BCUT2D eigenvalue weighted by atomic mass is 32.2. The van der Waals surface area contributed by atoms with Crippen LogP contribution in [-0.4, -0.2) is 21.9 Å². The molecule has 0 aromatic heterocycles. The van der Waals surface area contributed by atoms with Crippen molar-refractivity contribution in [1.29, 1.82) is 0 Å².